The summed E-state index contributed by atoms with van der Waals surface area (Å²) in [6.45, 7) is 0. The second-order valence-electron chi connectivity index (χ2n) is 5.36. The summed E-state index contributed by atoms with van der Waals surface area (Å²) >= 11 is 0. The molecule has 1 fully saturated rings. The van der Waals surface area contributed by atoms with Crippen molar-refractivity contribution in [2.75, 3.05) is 18.2 Å². The summed E-state index contributed by atoms with van der Waals surface area (Å²) < 4.78 is 5.11. The van der Waals surface area contributed by atoms with Crippen molar-refractivity contribution in [3.05, 3.63) is 54.1 Å². The molecule has 0 radical (unpaired) electrons. The van der Waals surface area contributed by atoms with Crippen LogP contribution in [-0.4, -0.2) is 13.0 Å². The molecule has 0 bridgehead atoms. The van der Waals surface area contributed by atoms with E-state index in [2.05, 4.69) is 5.32 Å². The lowest BCUT2D eigenvalue weighted by atomic mass is 9.95. The van der Waals surface area contributed by atoms with Crippen molar-refractivity contribution in [3.63, 3.8) is 0 Å². The second-order valence-corrected chi connectivity index (χ2v) is 5.36. The Labute approximate surface area is 123 Å². The quantitative estimate of drug-likeness (QED) is 0.847. The van der Waals surface area contributed by atoms with E-state index >= 15 is 0 Å². The molecular weight excluding hydrogens is 264 g/mol. The molecule has 108 valence electrons. The molecule has 0 saturated heterocycles. The Hall–Kier alpha value is -2.49. The maximum atomic E-state index is 12.6. The number of amides is 1. The number of hydrogen-bond acceptors (Lipinski definition) is 3. The van der Waals surface area contributed by atoms with Crippen LogP contribution in [0.1, 0.15) is 18.4 Å². The van der Waals surface area contributed by atoms with Gasteiger partial charge < -0.3 is 15.8 Å². The number of ether oxygens (including phenoxy) is 1. The molecule has 1 amide bonds. The molecule has 0 aliphatic heterocycles. The molecule has 21 heavy (non-hydrogen) atoms. The number of benzene rings is 2. The summed E-state index contributed by atoms with van der Waals surface area (Å²) in [5, 5.41) is 2.94. The molecule has 3 N–H and O–H groups in total. The maximum Gasteiger partial charge on any atom is 0.235 e. The van der Waals surface area contributed by atoms with Crippen LogP contribution in [0.4, 0.5) is 11.4 Å². The summed E-state index contributed by atoms with van der Waals surface area (Å²) in [4.78, 5) is 12.6. The molecule has 0 spiro atoms. The summed E-state index contributed by atoms with van der Waals surface area (Å²) in [7, 11) is 1.58. The van der Waals surface area contributed by atoms with Crippen LogP contribution in [0.3, 0.4) is 0 Å². The van der Waals surface area contributed by atoms with Crippen LogP contribution >= 0.6 is 0 Å². The fraction of sp³-hybridized carbons (Fsp3) is 0.235. The molecule has 1 aliphatic rings. The monoisotopic (exact) mass is 282 g/mol. The highest BCUT2D eigenvalue weighted by atomic mass is 16.5. The number of hydrogen-bond donors (Lipinski definition) is 2. The number of anilines is 2. The topological polar surface area (TPSA) is 64.3 Å². The molecular formula is C17H18N2O2. The van der Waals surface area contributed by atoms with E-state index in [9.17, 15) is 4.79 Å². The molecule has 2 aromatic rings. The number of carbonyl (C=O) groups excluding carboxylic acids is 1. The third-order valence-corrected chi connectivity index (χ3v) is 4.02. The Balaban J connectivity index is 1.81. The molecule has 0 heterocycles. The van der Waals surface area contributed by atoms with Crippen molar-refractivity contribution >= 4 is 17.3 Å². The first-order valence-corrected chi connectivity index (χ1v) is 6.96. The minimum absolute atomic E-state index is 0.00515. The smallest absolute Gasteiger partial charge is 0.235 e. The third kappa shape index (κ3) is 2.44. The predicted molar refractivity (Wildman–Crippen MR) is 83.4 cm³/mol. The molecule has 0 aromatic heterocycles. The fourth-order valence-electron chi connectivity index (χ4n) is 2.55. The average molecular weight is 282 g/mol. The highest BCUT2D eigenvalue weighted by Crippen LogP contribution is 2.49. The normalized spacial score (nSPS) is 15.3. The van der Waals surface area contributed by atoms with Crippen molar-refractivity contribution in [2.24, 2.45) is 0 Å². The van der Waals surface area contributed by atoms with Gasteiger partial charge in [-0.15, -0.1) is 0 Å². The SMILES string of the molecule is COc1ccc(NC(=O)C2(c3ccccc3)CC2)c(N)c1. The van der Waals surface area contributed by atoms with E-state index in [1.807, 2.05) is 30.3 Å². The molecule has 0 unspecified atom stereocenters. The zero-order valence-corrected chi connectivity index (χ0v) is 11.9. The number of nitrogens with two attached hydrogens (primary N) is 1. The largest absolute Gasteiger partial charge is 0.497 e. The van der Waals surface area contributed by atoms with E-state index < -0.39 is 5.41 Å². The predicted octanol–water partition coefficient (Wildman–Crippen LogP) is 2.95. The number of rotatable bonds is 4. The highest BCUT2D eigenvalue weighted by molar-refractivity contribution is 6.03. The van der Waals surface area contributed by atoms with E-state index in [4.69, 9.17) is 10.5 Å². The van der Waals surface area contributed by atoms with Crippen molar-refractivity contribution in [1.82, 2.24) is 0 Å². The van der Waals surface area contributed by atoms with Gasteiger partial charge in [-0.1, -0.05) is 30.3 Å². The summed E-state index contributed by atoms with van der Waals surface area (Å²) in [6, 6.07) is 15.2. The second kappa shape index (κ2) is 5.13. The Morgan fingerprint density at radius 1 is 1.19 bits per heavy atom. The van der Waals surface area contributed by atoms with Crippen LogP contribution in [0.15, 0.2) is 48.5 Å². The first-order valence-electron chi connectivity index (χ1n) is 6.96. The Kier molecular flexibility index (Phi) is 3.29. The van der Waals surface area contributed by atoms with E-state index in [1.165, 1.54) is 0 Å². The van der Waals surface area contributed by atoms with Gasteiger partial charge in [0.2, 0.25) is 5.91 Å². The van der Waals surface area contributed by atoms with Gasteiger partial charge in [0.05, 0.1) is 23.9 Å². The first-order chi connectivity index (χ1) is 10.2. The summed E-state index contributed by atoms with van der Waals surface area (Å²) in [5.41, 5.74) is 7.76. The zero-order chi connectivity index (χ0) is 14.9. The van der Waals surface area contributed by atoms with E-state index in [0.717, 1.165) is 18.4 Å². The van der Waals surface area contributed by atoms with E-state index in [1.54, 1.807) is 25.3 Å². The molecule has 3 rings (SSSR count). The average Bonchev–Trinajstić information content (AvgIpc) is 3.32. The van der Waals surface area contributed by atoms with E-state index in [0.29, 0.717) is 17.1 Å². The number of nitrogens with one attached hydrogen (secondary N) is 1. The third-order valence-electron chi connectivity index (χ3n) is 4.02. The highest BCUT2D eigenvalue weighted by Gasteiger charge is 2.51. The molecule has 4 heteroatoms. The lowest BCUT2D eigenvalue weighted by Crippen LogP contribution is -2.28. The van der Waals surface area contributed by atoms with Gasteiger partial charge >= 0.3 is 0 Å². The number of methoxy groups -OCH3 is 1. The van der Waals surface area contributed by atoms with Gasteiger partial charge in [0.1, 0.15) is 5.75 Å². The van der Waals surface area contributed by atoms with Crippen LogP contribution in [0, 0.1) is 0 Å². The summed E-state index contributed by atoms with van der Waals surface area (Å²) in [5.74, 6) is 0.681. The number of carbonyl (C=O) groups is 1. The molecule has 2 aromatic carbocycles. The molecule has 1 aliphatic carbocycles. The van der Waals surface area contributed by atoms with Gasteiger partial charge in [-0.3, -0.25) is 4.79 Å². The van der Waals surface area contributed by atoms with Crippen LogP contribution in [0.5, 0.6) is 5.75 Å². The maximum absolute atomic E-state index is 12.6. The van der Waals surface area contributed by atoms with Crippen LogP contribution in [0.2, 0.25) is 0 Å². The lowest BCUT2D eigenvalue weighted by molar-refractivity contribution is -0.118. The minimum atomic E-state index is -0.395. The standard InChI is InChI=1S/C17H18N2O2/c1-21-13-7-8-15(14(18)11-13)19-16(20)17(9-10-17)12-5-3-2-4-6-12/h2-8,11H,9-10,18H2,1H3,(H,19,20). The van der Waals surface area contributed by atoms with Gasteiger partial charge in [-0.05, 0) is 30.5 Å². The van der Waals surface area contributed by atoms with Crippen LogP contribution < -0.4 is 15.8 Å². The van der Waals surface area contributed by atoms with Gasteiger partial charge in [-0.2, -0.15) is 0 Å². The van der Waals surface area contributed by atoms with E-state index in [-0.39, 0.29) is 5.91 Å². The first kappa shape index (κ1) is 13.5. The fourth-order valence-corrected chi connectivity index (χ4v) is 2.55. The minimum Gasteiger partial charge on any atom is -0.497 e. The van der Waals surface area contributed by atoms with Crippen molar-refractivity contribution < 1.29 is 9.53 Å². The van der Waals surface area contributed by atoms with Gasteiger partial charge in [0.25, 0.3) is 0 Å². The van der Waals surface area contributed by atoms with Gasteiger partial charge in [-0.25, -0.2) is 0 Å². The van der Waals surface area contributed by atoms with Crippen LogP contribution in [-0.2, 0) is 10.2 Å². The summed E-state index contributed by atoms with van der Waals surface area (Å²) in [6.07, 6.45) is 1.75. The van der Waals surface area contributed by atoms with Crippen molar-refractivity contribution in [1.29, 1.82) is 0 Å². The number of nitrogen functional groups attached to an aromatic ring is 1. The van der Waals surface area contributed by atoms with Gasteiger partial charge in [0, 0.05) is 6.07 Å². The molecule has 0 atom stereocenters. The van der Waals surface area contributed by atoms with Gasteiger partial charge in [0.15, 0.2) is 0 Å². The Bertz CT molecular complexity index is 664. The molecule has 4 nitrogen and oxygen atoms in total. The molecule has 1 saturated carbocycles. The van der Waals surface area contributed by atoms with Crippen molar-refractivity contribution in [3.8, 4) is 5.75 Å². The van der Waals surface area contributed by atoms with Crippen molar-refractivity contribution in [2.45, 2.75) is 18.3 Å². The lowest BCUT2D eigenvalue weighted by Gasteiger charge is -2.17. The zero-order valence-electron chi connectivity index (χ0n) is 11.9. The van der Waals surface area contributed by atoms with Crippen LogP contribution in [0.25, 0.3) is 0 Å². The Morgan fingerprint density at radius 2 is 1.90 bits per heavy atom. The Morgan fingerprint density at radius 3 is 2.48 bits per heavy atom.